The number of nitrogens with one attached hydrogen (secondary N) is 1. The van der Waals surface area contributed by atoms with Crippen LogP contribution in [0.2, 0.25) is 0 Å². The molecule has 5 nitrogen and oxygen atoms in total. The molecule has 0 radical (unpaired) electrons. The maximum Gasteiger partial charge on any atom is 0.321 e. The van der Waals surface area contributed by atoms with Crippen LogP contribution in [0.25, 0.3) is 0 Å². The molecule has 16 heavy (non-hydrogen) atoms. The molecule has 0 fully saturated rings. The molecule has 1 heterocycles. The van der Waals surface area contributed by atoms with Crippen molar-refractivity contribution in [2.24, 2.45) is 7.05 Å². The van der Waals surface area contributed by atoms with Crippen LogP contribution in [0.1, 0.15) is 13.3 Å². The Morgan fingerprint density at radius 2 is 2.50 bits per heavy atom. The fraction of sp³-hybridized carbons (Fsp3) is 0.600. The topological polar surface area (TPSA) is 67.2 Å². The normalized spacial score (nSPS) is 12.6. The predicted octanol–water partition coefficient (Wildman–Crippen LogP) is 0.965. The van der Waals surface area contributed by atoms with Gasteiger partial charge in [-0.25, -0.2) is 0 Å². The fourth-order valence-corrected chi connectivity index (χ4v) is 2.16. The molecule has 1 aromatic heterocycles. The van der Waals surface area contributed by atoms with Gasteiger partial charge in [0.25, 0.3) is 0 Å². The van der Waals surface area contributed by atoms with E-state index >= 15 is 0 Å². The molecule has 1 unspecified atom stereocenters. The van der Waals surface area contributed by atoms with Crippen molar-refractivity contribution in [2.75, 3.05) is 12.3 Å². The van der Waals surface area contributed by atoms with E-state index in [1.807, 2.05) is 20.2 Å². The van der Waals surface area contributed by atoms with E-state index in [1.54, 1.807) is 10.9 Å². The monoisotopic (exact) mass is 243 g/mol. The molecular formula is C10H17N3O2S. The summed E-state index contributed by atoms with van der Waals surface area (Å²) in [6.07, 6.45) is 4.55. The summed E-state index contributed by atoms with van der Waals surface area (Å²) in [4.78, 5) is 11.9. The van der Waals surface area contributed by atoms with Gasteiger partial charge in [-0.2, -0.15) is 5.10 Å². The van der Waals surface area contributed by atoms with Gasteiger partial charge in [-0.15, -0.1) is 11.8 Å². The Hall–Kier alpha value is -1.01. The van der Waals surface area contributed by atoms with Crippen LogP contribution in [0.3, 0.4) is 0 Å². The van der Waals surface area contributed by atoms with Crippen LogP contribution < -0.4 is 5.32 Å². The third-order valence-electron chi connectivity index (χ3n) is 2.04. The summed E-state index contributed by atoms with van der Waals surface area (Å²) in [6.45, 7) is 2.74. The second kappa shape index (κ2) is 6.55. The molecule has 0 bridgehead atoms. The first-order valence-corrected chi connectivity index (χ1v) is 6.19. The lowest BCUT2D eigenvalue weighted by atomic mass is 10.3. The zero-order valence-corrected chi connectivity index (χ0v) is 10.3. The standard InChI is InChI=1S/C10H17N3O2S/c1-3-4-11-9(10(14)15)7-16-8-5-12-13(2)6-8/h5-6,9,11H,3-4,7H2,1-2H3,(H,14,15). The van der Waals surface area contributed by atoms with E-state index < -0.39 is 12.0 Å². The van der Waals surface area contributed by atoms with E-state index in [9.17, 15) is 4.79 Å². The van der Waals surface area contributed by atoms with Crippen molar-refractivity contribution in [1.82, 2.24) is 15.1 Å². The van der Waals surface area contributed by atoms with Crippen molar-refractivity contribution in [1.29, 1.82) is 0 Å². The van der Waals surface area contributed by atoms with E-state index in [-0.39, 0.29) is 0 Å². The number of aromatic nitrogens is 2. The van der Waals surface area contributed by atoms with Gasteiger partial charge in [-0.3, -0.25) is 9.48 Å². The van der Waals surface area contributed by atoms with Crippen molar-refractivity contribution in [3.8, 4) is 0 Å². The number of aryl methyl sites for hydroxylation is 1. The number of thioether (sulfide) groups is 1. The molecule has 0 saturated heterocycles. The molecule has 1 rings (SSSR count). The van der Waals surface area contributed by atoms with Gasteiger partial charge in [0.2, 0.25) is 0 Å². The molecule has 0 aliphatic carbocycles. The van der Waals surface area contributed by atoms with E-state index in [0.29, 0.717) is 5.75 Å². The van der Waals surface area contributed by atoms with Crippen LogP contribution in [-0.4, -0.2) is 39.2 Å². The lowest BCUT2D eigenvalue weighted by molar-refractivity contribution is -0.138. The summed E-state index contributed by atoms with van der Waals surface area (Å²) in [6, 6.07) is -0.495. The van der Waals surface area contributed by atoms with E-state index in [1.165, 1.54) is 11.8 Å². The lowest BCUT2D eigenvalue weighted by Crippen LogP contribution is -2.39. The summed E-state index contributed by atoms with van der Waals surface area (Å²) in [5.74, 6) is -0.286. The molecule has 1 atom stereocenters. The van der Waals surface area contributed by atoms with Crippen molar-refractivity contribution in [3.63, 3.8) is 0 Å². The van der Waals surface area contributed by atoms with Crippen molar-refractivity contribution < 1.29 is 9.90 Å². The van der Waals surface area contributed by atoms with Gasteiger partial charge in [-0.1, -0.05) is 6.92 Å². The van der Waals surface area contributed by atoms with E-state index in [2.05, 4.69) is 10.4 Å². The zero-order chi connectivity index (χ0) is 12.0. The van der Waals surface area contributed by atoms with Gasteiger partial charge in [0.1, 0.15) is 6.04 Å². The van der Waals surface area contributed by atoms with Crippen molar-refractivity contribution in [2.45, 2.75) is 24.3 Å². The Bertz CT molecular complexity index is 341. The minimum absolute atomic E-state index is 0.495. The first-order chi connectivity index (χ1) is 7.63. The van der Waals surface area contributed by atoms with Crippen molar-refractivity contribution in [3.05, 3.63) is 12.4 Å². The van der Waals surface area contributed by atoms with Gasteiger partial charge in [0, 0.05) is 23.9 Å². The molecule has 0 aliphatic heterocycles. The number of carboxylic acids is 1. The fourth-order valence-electron chi connectivity index (χ4n) is 1.19. The van der Waals surface area contributed by atoms with Crippen LogP contribution in [0.4, 0.5) is 0 Å². The second-order valence-corrected chi connectivity index (χ2v) is 4.60. The molecule has 0 aromatic carbocycles. The summed E-state index contributed by atoms with van der Waals surface area (Å²) >= 11 is 1.50. The second-order valence-electron chi connectivity index (χ2n) is 3.51. The van der Waals surface area contributed by atoms with Crippen LogP contribution in [0, 0.1) is 0 Å². The molecule has 0 amide bonds. The SMILES string of the molecule is CCCNC(CSc1cnn(C)c1)C(=O)O. The van der Waals surface area contributed by atoms with Crippen LogP contribution in [0.15, 0.2) is 17.3 Å². The molecule has 0 aliphatic rings. The average Bonchev–Trinajstić information content (AvgIpc) is 2.64. The Labute approximate surface area is 99.2 Å². The zero-order valence-electron chi connectivity index (χ0n) is 9.51. The summed E-state index contributed by atoms with van der Waals surface area (Å²) in [5, 5.41) is 16.0. The Morgan fingerprint density at radius 3 is 3.00 bits per heavy atom. The molecular weight excluding hydrogens is 226 g/mol. The summed E-state index contributed by atoms with van der Waals surface area (Å²) < 4.78 is 1.71. The third kappa shape index (κ3) is 4.24. The largest absolute Gasteiger partial charge is 0.480 e. The predicted molar refractivity (Wildman–Crippen MR) is 63.6 cm³/mol. The number of hydrogen-bond acceptors (Lipinski definition) is 4. The average molecular weight is 243 g/mol. The van der Waals surface area contributed by atoms with Gasteiger partial charge in [-0.05, 0) is 13.0 Å². The van der Waals surface area contributed by atoms with Gasteiger partial charge < -0.3 is 10.4 Å². The first kappa shape index (κ1) is 13.1. The molecule has 0 spiro atoms. The highest BCUT2D eigenvalue weighted by Crippen LogP contribution is 2.17. The van der Waals surface area contributed by atoms with Crippen LogP contribution in [-0.2, 0) is 11.8 Å². The lowest BCUT2D eigenvalue weighted by Gasteiger charge is -2.12. The first-order valence-electron chi connectivity index (χ1n) is 5.21. The van der Waals surface area contributed by atoms with Gasteiger partial charge in [0.05, 0.1) is 6.20 Å². The molecule has 6 heteroatoms. The van der Waals surface area contributed by atoms with Crippen molar-refractivity contribution >= 4 is 17.7 Å². The number of carbonyl (C=O) groups is 1. The smallest absolute Gasteiger partial charge is 0.321 e. The number of aliphatic carboxylic acids is 1. The van der Waals surface area contributed by atoms with E-state index in [4.69, 9.17) is 5.11 Å². The minimum Gasteiger partial charge on any atom is -0.480 e. The summed E-state index contributed by atoms with van der Waals surface area (Å²) in [7, 11) is 1.84. The van der Waals surface area contributed by atoms with E-state index in [0.717, 1.165) is 17.9 Å². The Kier molecular flexibility index (Phi) is 5.34. The van der Waals surface area contributed by atoms with Gasteiger partial charge >= 0.3 is 5.97 Å². The quantitative estimate of drug-likeness (QED) is 0.698. The van der Waals surface area contributed by atoms with Gasteiger partial charge in [0.15, 0.2) is 0 Å². The highest BCUT2D eigenvalue weighted by atomic mass is 32.2. The Morgan fingerprint density at radius 1 is 1.75 bits per heavy atom. The maximum absolute atomic E-state index is 10.9. The highest BCUT2D eigenvalue weighted by Gasteiger charge is 2.16. The Balaban J connectivity index is 2.40. The number of rotatable bonds is 7. The third-order valence-corrected chi connectivity index (χ3v) is 3.08. The van der Waals surface area contributed by atoms with Crippen LogP contribution in [0.5, 0.6) is 0 Å². The number of carboxylic acid groups (broad SMARTS) is 1. The van der Waals surface area contributed by atoms with Crippen LogP contribution >= 0.6 is 11.8 Å². The number of hydrogen-bond donors (Lipinski definition) is 2. The maximum atomic E-state index is 10.9. The summed E-state index contributed by atoms with van der Waals surface area (Å²) in [5.41, 5.74) is 0. The molecule has 2 N–H and O–H groups in total. The molecule has 1 aromatic rings. The highest BCUT2D eigenvalue weighted by molar-refractivity contribution is 7.99. The minimum atomic E-state index is -0.801. The molecule has 0 saturated carbocycles. The molecule has 90 valence electrons. The number of nitrogens with zero attached hydrogens (tertiary/aromatic N) is 2.